The molecule has 1 aliphatic rings. The number of hydrogen-bond acceptors (Lipinski definition) is 5. The number of nitrogens with two attached hydrogens (primary N) is 1. The van der Waals surface area contributed by atoms with Crippen molar-refractivity contribution in [2.75, 3.05) is 31.7 Å². The second kappa shape index (κ2) is 5.58. The molecule has 0 aliphatic carbocycles. The highest BCUT2D eigenvalue weighted by Gasteiger charge is 2.29. The van der Waals surface area contributed by atoms with Crippen LogP contribution in [0.2, 0.25) is 0 Å². The third-order valence-corrected chi connectivity index (χ3v) is 3.35. The number of methoxy groups -OCH3 is 1. The Labute approximate surface area is 118 Å². The van der Waals surface area contributed by atoms with Gasteiger partial charge in [-0.25, -0.2) is 0 Å². The van der Waals surface area contributed by atoms with E-state index in [-0.39, 0.29) is 11.4 Å². The second-order valence-electron chi connectivity index (χ2n) is 5.40. The van der Waals surface area contributed by atoms with Crippen molar-refractivity contribution in [3.8, 4) is 5.75 Å². The standard InChI is InChI=1S/C14H21N3O3/c1-14(2)9-17(6-7-20-14)12-8-10(19-3)4-5-11(12)13(15)16-18/h4-5,8,18H,6-7,9H2,1-3H3,(H2,15,16). The van der Waals surface area contributed by atoms with Gasteiger partial charge < -0.3 is 25.3 Å². The average Bonchev–Trinajstić information content (AvgIpc) is 2.44. The van der Waals surface area contributed by atoms with Crippen LogP contribution in [-0.2, 0) is 4.74 Å². The number of amidine groups is 1. The van der Waals surface area contributed by atoms with Gasteiger partial charge in [0.2, 0.25) is 0 Å². The van der Waals surface area contributed by atoms with E-state index in [1.54, 1.807) is 19.2 Å². The summed E-state index contributed by atoms with van der Waals surface area (Å²) in [4.78, 5) is 2.17. The molecule has 1 aromatic carbocycles. The van der Waals surface area contributed by atoms with Crippen LogP contribution < -0.4 is 15.4 Å². The summed E-state index contributed by atoms with van der Waals surface area (Å²) >= 11 is 0. The van der Waals surface area contributed by atoms with Crippen molar-refractivity contribution < 1.29 is 14.7 Å². The van der Waals surface area contributed by atoms with Crippen LogP contribution in [0.5, 0.6) is 5.75 Å². The topological polar surface area (TPSA) is 80.3 Å². The first-order valence-electron chi connectivity index (χ1n) is 6.52. The molecule has 2 rings (SSSR count). The maximum atomic E-state index is 8.93. The van der Waals surface area contributed by atoms with Gasteiger partial charge in [0.05, 0.1) is 25.0 Å². The number of rotatable bonds is 3. The van der Waals surface area contributed by atoms with Crippen molar-refractivity contribution in [3.05, 3.63) is 23.8 Å². The number of hydrogen-bond donors (Lipinski definition) is 2. The molecule has 6 nitrogen and oxygen atoms in total. The number of anilines is 1. The summed E-state index contributed by atoms with van der Waals surface area (Å²) in [5.74, 6) is 0.825. The van der Waals surface area contributed by atoms with Gasteiger partial charge in [0.1, 0.15) is 5.75 Å². The summed E-state index contributed by atoms with van der Waals surface area (Å²) in [5.41, 5.74) is 7.10. The van der Waals surface area contributed by atoms with Gasteiger partial charge >= 0.3 is 0 Å². The lowest BCUT2D eigenvalue weighted by Gasteiger charge is -2.40. The summed E-state index contributed by atoms with van der Waals surface area (Å²) in [5, 5.41) is 12.0. The molecular formula is C14H21N3O3. The normalized spacial score (nSPS) is 18.9. The van der Waals surface area contributed by atoms with Gasteiger partial charge in [-0.2, -0.15) is 0 Å². The van der Waals surface area contributed by atoms with E-state index in [1.807, 2.05) is 19.9 Å². The predicted molar refractivity (Wildman–Crippen MR) is 77.7 cm³/mol. The minimum atomic E-state index is -0.232. The highest BCUT2D eigenvalue weighted by Crippen LogP contribution is 2.29. The summed E-state index contributed by atoms with van der Waals surface area (Å²) in [6.45, 7) is 6.21. The summed E-state index contributed by atoms with van der Waals surface area (Å²) < 4.78 is 11.0. The lowest BCUT2D eigenvalue weighted by atomic mass is 10.0. The summed E-state index contributed by atoms with van der Waals surface area (Å²) in [7, 11) is 1.62. The number of nitrogens with zero attached hydrogens (tertiary/aromatic N) is 2. The van der Waals surface area contributed by atoms with Gasteiger partial charge in [0.25, 0.3) is 0 Å². The molecular weight excluding hydrogens is 258 g/mol. The van der Waals surface area contributed by atoms with Gasteiger partial charge in [0, 0.05) is 24.7 Å². The monoisotopic (exact) mass is 279 g/mol. The van der Waals surface area contributed by atoms with Crippen LogP contribution in [-0.4, -0.2) is 43.5 Å². The van der Waals surface area contributed by atoms with E-state index in [2.05, 4.69) is 10.1 Å². The number of morpholine rings is 1. The lowest BCUT2D eigenvalue weighted by Crippen LogP contribution is -2.48. The third-order valence-electron chi connectivity index (χ3n) is 3.35. The molecule has 1 heterocycles. The first kappa shape index (κ1) is 14.5. The van der Waals surface area contributed by atoms with Crippen LogP contribution >= 0.6 is 0 Å². The maximum Gasteiger partial charge on any atom is 0.172 e. The summed E-state index contributed by atoms with van der Waals surface area (Å²) in [6.07, 6.45) is 0. The van der Waals surface area contributed by atoms with E-state index < -0.39 is 0 Å². The predicted octanol–water partition coefficient (Wildman–Crippen LogP) is 1.40. The third kappa shape index (κ3) is 2.96. The molecule has 1 aromatic rings. The SMILES string of the molecule is COc1ccc(/C(N)=N/O)c(N2CCOC(C)(C)C2)c1. The van der Waals surface area contributed by atoms with Crippen LogP contribution in [0.4, 0.5) is 5.69 Å². The summed E-state index contributed by atoms with van der Waals surface area (Å²) in [6, 6.07) is 5.49. The van der Waals surface area contributed by atoms with Crippen LogP contribution in [0.1, 0.15) is 19.4 Å². The van der Waals surface area contributed by atoms with E-state index in [0.717, 1.165) is 24.5 Å². The molecule has 1 saturated heterocycles. The van der Waals surface area contributed by atoms with Crippen LogP contribution in [0.25, 0.3) is 0 Å². The Morgan fingerprint density at radius 2 is 2.25 bits per heavy atom. The van der Waals surface area contributed by atoms with Gasteiger partial charge in [-0.15, -0.1) is 0 Å². The Morgan fingerprint density at radius 1 is 1.50 bits per heavy atom. The van der Waals surface area contributed by atoms with Gasteiger partial charge in [0.15, 0.2) is 5.84 Å². The van der Waals surface area contributed by atoms with Gasteiger partial charge in [-0.1, -0.05) is 5.16 Å². The molecule has 6 heteroatoms. The Bertz CT molecular complexity index is 514. The van der Waals surface area contributed by atoms with E-state index >= 15 is 0 Å². The molecule has 0 saturated carbocycles. The van der Waals surface area contributed by atoms with E-state index in [1.165, 1.54) is 0 Å². The average molecular weight is 279 g/mol. The minimum Gasteiger partial charge on any atom is -0.497 e. The van der Waals surface area contributed by atoms with Crippen LogP contribution in [0.3, 0.4) is 0 Å². The zero-order chi connectivity index (χ0) is 14.8. The Kier molecular flexibility index (Phi) is 4.04. The molecule has 0 atom stereocenters. The molecule has 0 radical (unpaired) electrons. The molecule has 0 amide bonds. The molecule has 3 N–H and O–H groups in total. The molecule has 20 heavy (non-hydrogen) atoms. The molecule has 0 bridgehead atoms. The molecule has 1 fully saturated rings. The lowest BCUT2D eigenvalue weighted by molar-refractivity contribution is -0.0277. The van der Waals surface area contributed by atoms with Crippen molar-refractivity contribution in [1.82, 2.24) is 0 Å². The fraction of sp³-hybridized carbons (Fsp3) is 0.500. The zero-order valence-corrected chi connectivity index (χ0v) is 12.1. The number of oxime groups is 1. The first-order valence-corrected chi connectivity index (χ1v) is 6.52. The van der Waals surface area contributed by atoms with Gasteiger partial charge in [-0.3, -0.25) is 0 Å². The highest BCUT2D eigenvalue weighted by molar-refractivity contribution is 6.02. The molecule has 0 aromatic heterocycles. The molecule has 1 aliphatic heterocycles. The maximum absolute atomic E-state index is 8.93. The first-order chi connectivity index (χ1) is 9.46. The molecule has 0 spiro atoms. The second-order valence-corrected chi connectivity index (χ2v) is 5.40. The van der Waals surface area contributed by atoms with E-state index in [9.17, 15) is 0 Å². The Hall–Kier alpha value is -1.95. The largest absolute Gasteiger partial charge is 0.497 e. The number of ether oxygens (including phenoxy) is 2. The van der Waals surface area contributed by atoms with Crippen molar-refractivity contribution in [1.29, 1.82) is 0 Å². The van der Waals surface area contributed by atoms with Crippen molar-refractivity contribution >= 4 is 11.5 Å². The fourth-order valence-corrected chi connectivity index (χ4v) is 2.39. The molecule has 0 unspecified atom stereocenters. The fourth-order valence-electron chi connectivity index (χ4n) is 2.39. The van der Waals surface area contributed by atoms with Crippen molar-refractivity contribution in [3.63, 3.8) is 0 Å². The quantitative estimate of drug-likeness (QED) is 0.378. The Balaban J connectivity index is 2.42. The Morgan fingerprint density at radius 3 is 2.85 bits per heavy atom. The van der Waals surface area contributed by atoms with Crippen molar-refractivity contribution in [2.45, 2.75) is 19.4 Å². The van der Waals surface area contributed by atoms with E-state index in [0.29, 0.717) is 12.2 Å². The minimum absolute atomic E-state index is 0.0898. The number of benzene rings is 1. The molecule has 110 valence electrons. The van der Waals surface area contributed by atoms with Gasteiger partial charge in [-0.05, 0) is 26.0 Å². The zero-order valence-electron chi connectivity index (χ0n) is 12.1. The van der Waals surface area contributed by atoms with Crippen LogP contribution in [0, 0.1) is 0 Å². The van der Waals surface area contributed by atoms with Crippen molar-refractivity contribution in [2.24, 2.45) is 10.9 Å². The smallest absolute Gasteiger partial charge is 0.172 e. The highest BCUT2D eigenvalue weighted by atomic mass is 16.5. The van der Waals surface area contributed by atoms with E-state index in [4.69, 9.17) is 20.4 Å². The van der Waals surface area contributed by atoms with Crippen LogP contribution in [0.15, 0.2) is 23.4 Å².